The van der Waals surface area contributed by atoms with Gasteiger partial charge in [-0.15, -0.1) is 0 Å². The van der Waals surface area contributed by atoms with Crippen LogP contribution >= 0.6 is 0 Å². The summed E-state index contributed by atoms with van der Waals surface area (Å²) in [6.45, 7) is 5.07. The summed E-state index contributed by atoms with van der Waals surface area (Å²) >= 11 is 0. The summed E-state index contributed by atoms with van der Waals surface area (Å²) in [4.78, 5) is 0. The summed E-state index contributed by atoms with van der Waals surface area (Å²) in [5.74, 6) is 0. The van der Waals surface area contributed by atoms with Crippen LogP contribution in [0.1, 0.15) is 11.1 Å². The van der Waals surface area contributed by atoms with Crippen LogP contribution in [0.4, 0.5) is 0 Å². The van der Waals surface area contributed by atoms with Gasteiger partial charge in [-0.2, -0.15) is 0 Å². The van der Waals surface area contributed by atoms with Crippen molar-refractivity contribution in [2.24, 2.45) is 0 Å². The fourth-order valence-electron chi connectivity index (χ4n) is 0.984. The summed E-state index contributed by atoms with van der Waals surface area (Å²) in [5.41, 5.74) is 2.65. The lowest BCUT2D eigenvalue weighted by atomic mass is 10.1. The molecule has 0 amide bonds. The highest BCUT2D eigenvalue weighted by atomic mass is 28.2. The normalized spacial score (nSPS) is 11.1. The number of hydrogen-bond acceptors (Lipinski definition) is 1. The van der Waals surface area contributed by atoms with E-state index in [1.807, 2.05) is 0 Å². The molecule has 60 valence electrons. The van der Waals surface area contributed by atoms with Gasteiger partial charge in [0.1, 0.15) is 0 Å². The van der Waals surface area contributed by atoms with Gasteiger partial charge in [0.25, 0.3) is 0 Å². The Morgan fingerprint density at radius 1 is 1.36 bits per heavy atom. The van der Waals surface area contributed by atoms with E-state index >= 15 is 0 Å². The summed E-state index contributed by atoms with van der Waals surface area (Å²) < 4.78 is 5.44. The SMILES string of the molecule is C[SiH2]OCc1ccccc1C. The van der Waals surface area contributed by atoms with Crippen LogP contribution in [0.25, 0.3) is 0 Å². The molecular formula is C9H14OSi. The van der Waals surface area contributed by atoms with Crippen LogP contribution in [-0.2, 0) is 11.0 Å². The Hall–Kier alpha value is -0.603. The van der Waals surface area contributed by atoms with Crippen molar-refractivity contribution in [2.75, 3.05) is 0 Å². The minimum atomic E-state index is -0.246. The molecule has 0 bridgehead atoms. The second-order valence-electron chi connectivity index (χ2n) is 2.56. The van der Waals surface area contributed by atoms with E-state index < -0.39 is 0 Å². The highest BCUT2D eigenvalue weighted by Gasteiger charge is 1.94. The van der Waals surface area contributed by atoms with Gasteiger partial charge in [0.2, 0.25) is 0 Å². The molecule has 1 aromatic rings. The third-order valence-corrected chi connectivity index (χ3v) is 2.34. The molecule has 1 aromatic carbocycles. The average Bonchev–Trinajstić information content (AvgIpc) is 2.03. The maximum Gasteiger partial charge on any atom is 0.159 e. The molecule has 0 spiro atoms. The molecule has 0 fully saturated rings. The standard InChI is InChI=1S/C9H14OSi/c1-8-5-3-4-6-9(8)7-10-11-2/h3-6H,7,11H2,1-2H3. The average molecular weight is 166 g/mol. The van der Waals surface area contributed by atoms with Gasteiger partial charge in [0.05, 0.1) is 6.61 Å². The van der Waals surface area contributed by atoms with Crippen molar-refractivity contribution in [1.82, 2.24) is 0 Å². The summed E-state index contributed by atoms with van der Waals surface area (Å²) in [6, 6.07) is 8.36. The van der Waals surface area contributed by atoms with Crippen molar-refractivity contribution in [2.45, 2.75) is 20.1 Å². The van der Waals surface area contributed by atoms with Crippen LogP contribution in [0.5, 0.6) is 0 Å². The predicted molar refractivity (Wildman–Crippen MR) is 50.4 cm³/mol. The Kier molecular flexibility index (Phi) is 3.33. The third kappa shape index (κ3) is 2.48. The zero-order valence-corrected chi connectivity index (χ0v) is 8.55. The molecule has 1 rings (SSSR count). The zero-order valence-electron chi connectivity index (χ0n) is 7.13. The summed E-state index contributed by atoms with van der Waals surface area (Å²) in [7, 11) is -0.246. The van der Waals surface area contributed by atoms with E-state index in [1.165, 1.54) is 11.1 Å². The highest BCUT2D eigenvalue weighted by molar-refractivity contribution is 6.24. The van der Waals surface area contributed by atoms with Gasteiger partial charge in [0.15, 0.2) is 9.76 Å². The van der Waals surface area contributed by atoms with Gasteiger partial charge >= 0.3 is 0 Å². The van der Waals surface area contributed by atoms with Crippen molar-refractivity contribution >= 4 is 9.76 Å². The number of aryl methyl sites for hydroxylation is 1. The smallest absolute Gasteiger partial charge is 0.159 e. The van der Waals surface area contributed by atoms with E-state index in [2.05, 4.69) is 37.7 Å². The molecule has 0 aromatic heterocycles. The van der Waals surface area contributed by atoms with E-state index in [4.69, 9.17) is 4.43 Å². The first-order valence-electron chi connectivity index (χ1n) is 3.97. The molecule has 0 N–H and O–H groups in total. The van der Waals surface area contributed by atoms with Gasteiger partial charge in [-0.3, -0.25) is 0 Å². The monoisotopic (exact) mass is 166 g/mol. The van der Waals surface area contributed by atoms with Crippen molar-refractivity contribution in [1.29, 1.82) is 0 Å². The maximum atomic E-state index is 5.44. The van der Waals surface area contributed by atoms with Crippen LogP contribution < -0.4 is 0 Å². The topological polar surface area (TPSA) is 9.23 Å². The van der Waals surface area contributed by atoms with Crippen LogP contribution in [-0.4, -0.2) is 9.76 Å². The lowest BCUT2D eigenvalue weighted by Gasteiger charge is -2.04. The summed E-state index contributed by atoms with van der Waals surface area (Å²) in [6.07, 6.45) is 0. The molecular weight excluding hydrogens is 152 g/mol. The fourth-order valence-corrected chi connectivity index (χ4v) is 1.41. The fraction of sp³-hybridized carbons (Fsp3) is 0.333. The second kappa shape index (κ2) is 4.31. The molecule has 2 heteroatoms. The first kappa shape index (κ1) is 8.49. The van der Waals surface area contributed by atoms with Crippen molar-refractivity contribution in [3.63, 3.8) is 0 Å². The molecule has 0 aliphatic rings. The van der Waals surface area contributed by atoms with Gasteiger partial charge in [0, 0.05) is 0 Å². The van der Waals surface area contributed by atoms with E-state index in [0.717, 1.165) is 6.61 Å². The molecule has 11 heavy (non-hydrogen) atoms. The summed E-state index contributed by atoms with van der Waals surface area (Å²) in [5, 5.41) is 0. The van der Waals surface area contributed by atoms with Crippen LogP contribution in [0.3, 0.4) is 0 Å². The minimum absolute atomic E-state index is 0.246. The van der Waals surface area contributed by atoms with Crippen LogP contribution in [0, 0.1) is 6.92 Å². The predicted octanol–water partition coefficient (Wildman–Crippen LogP) is 1.64. The lowest BCUT2D eigenvalue weighted by molar-refractivity contribution is 0.326. The molecule has 0 aliphatic carbocycles. The van der Waals surface area contributed by atoms with Crippen LogP contribution in [0.2, 0.25) is 6.55 Å². The van der Waals surface area contributed by atoms with Crippen LogP contribution in [0.15, 0.2) is 24.3 Å². The van der Waals surface area contributed by atoms with Crippen molar-refractivity contribution in [3.05, 3.63) is 35.4 Å². The molecule has 0 unspecified atom stereocenters. The minimum Gasteiger partial charge on any atom is -0.420 e. The maximum absolute atomic E-state index is 5.44. The highest BCUT2D eigenvalue weighted by Crippen LogP contribution is 2.07. The van der Waals surface area contributed by atoms with E-state index in [9.17, 15) is 0 Å². The van der Waals surface area contributed by atoms with Gasteiger partial charge < -0.3 is 4.43 Å². The molecule has 0 atom stereocenters. The van der Waals surface area contributed by atoms with Crippen molar-refractivity contribution < 1.29 is 4.43 Å². The Labute approximate surface area is 70.3 Å². The molecule has 1 nitrogen and oxygen atoms in total. The van der Waals surface area contributed by atoms with E-state index in [-0.39, 0.29) is 9.76 Å². The van der Waals surface area contributed by atoms with Gasteiger partial charge in [-0.25, -0.2) is 0 Å². The third-order valence-electron chi connectivity index (χ3n) is 1.72. The molecule has 0 radical (unpaired) electrons. The lowest BCUT2D eigenvalue weighted by Crippen LogP contribution is -1.96. The number of rotatable bonds is 3. The first-order valence-corrected chi connectivity index (χ1v) is 5.96. The second-order valence-corrected chi connectivity index (χ2v) is 3.55. The van der Waals surface area contributed by atoms with E-state index in [1.54, 1.807) is 0 Å². The largest absolute Gasteiger partial charge is 0.420 e. The number of benzene rings is 1. The molecule has 0 saturated carbocycles. The van der Waals surface area contributed by atoms with E-state index in [0.29, 0.717) is 0 Å². The molecule has 0 saturated heterocycles. The Morgan fingerprint density at radius 3 is 2.73 bits per heavy atom. The number of hydrogen-bond donors (Lipinski definition) is 0. The first-order chi connectivity index (χ1) is 5.34. The van der Waals surface area contributed by atoms with Gasteiger partial charge in [-0.05, 0) is 18.1 Å². The quantitative estimate of drug-likeness (QED) is 0.620. The molecule has 0 aliphatic heterocycles. The Balaban J connectivity index is 2.62. The Bertz CT molecular complexity index is 223. The molecule has 0 heterocycles. The van der Waals surface area contributed by atoms with Gasteiger partial charge in [-0.1, -0.05) is 30.8 Å². The Morgan fingerprint density at radius 2 is 2.09 bits per heavy atom. The van der Waals surface area contributed by atoms with Crippen molar-refractivity contribution in [3.8, 4) is 0 Å². The zero-order chi connectivity index (χ0) is 8.10.